The minimum absolute atomic E-state index is 0. The van der Waals surface area contributed by atoms with E-state index in [4.69, 9.17) is 47.6 Å². The van der Waals surface area contributed by atoms with Crippen LogP contribution >= 0.6 is 23.2 Å². The summed E-state index contributed by atoms with van der Waals surface area (Å²) in [6.45, 7) is 2.82. The van der Waals surface area contributed by atoms with E-state index in [2.05, 4.69) is 21.3 Å². The Morgan fingerprint density at radius 3 is 1.41 bits per heavy atom. The minimum atomic E-state index is -5.28. The van der Waals surface area contributed by atoms with Gasteiger partial charge in [0.2, 0.25) is 11.8 Å². The van der Waals surface area contributed by atoms with Crippen LogP contribution in [0.25, 0.3) is 0 Å². The predicted octanol–water partition coefficient (Wildman–Crippen LogP) is 3.09. The normalized spacial score (nSPS) is 19.0. The first-order valence-corrected chi connectivity index (χ1v) is 32.8. The van der Waals surface area contributed by atoms with Crippen molar-refractivity contribution in [2.75, 3.05) is 13.1 Å². The number of unbranched alkanes of at least 4 members (excludes halogenated alkanes) is 4. The van der Waals surface area contributed by atoms with Gasteiger partial charge in [0.1, 0.15) is 33.4 Å². The Kier molecular flexibility index (Phi) is 34.4. The SMILES string of the molecule is [2H]C([2H])(OC(=O)N[C@@H](CC(C)C)C(=O)C[C@@H](C[C@@H]1CCNC1=O)C(OC(=O)CCCCC)S(=O)(=O)[O-])c1cccc(Cl)c1.[2H]C([2H])(OC(=O)N[C@@H](CC1CCCCC1)C(=O)C[C@@H](C[C@@H]1CCNC1=O)C(OC(=O)CCCCC)S(=O)(=O)[O-])c1cccc(Cl)c1.[Na+].[Na+]. The number of hydrogen-bond donors (Lipinski definition) is 4. The van der Waals surface area contributed by atoms with Crippen molar-refractivity contribution in [3.05, 3.63) is 69.7 Å². The predicted molar refractivity (Wildman–Crippen MR) is 313 cm³/mol. The Bertz CT molecular complexity index is 2970. The summed E-state index contributed by atoms with van der Waals surface area (Å²) >= 11 is 11.9. The van der Waals surface area contributed by atoms with Gasteiger partial charge in [0.25, 0.3) is 0 Å². The van der Waals surface area contributed by atoms with Gasteiger partial charge < -0.3 is 49.3 Å². The number of nitrogens with one attached hydrogen (secondary N) is 4. The Labute approximate surface area is 572 Å². The van der Waals surface area contributed by atoms with Gasteiger partial charge in [-0.15, -0.1) is 0 Å². The monoisotopic (exact) mass is 1320 g/mol. The number of rotatable bonds is 34. The second kappa shape index (κ2) is 41.2. The maximum absolute atomic E-state index is 13.9. The second-order valence-electron chi connectivity index (χ2n) is 22.3. The number of Topliss-reactive ketones (excluding diaryl/α,β-unsaturated/α-hetero) is 2. The quantitative estimate of drug-likeness (QED) is 0.0257. The maximum Gasteiger partial charge on any atom is 1.00 e. The molecule has 2 saturated heterocycles. The van der Waals surface area contributed by atoms with E-state index in [1.807, 2.05) is 13.8 Å². The molecule has 2 aromatic carbocycles. The van der Waals surface area contributed by atoms with Gasteiger partial charge in [0.15, 0.2) is 22.4 Å². The fourth-order valence-corrected chi connectivity index (χ4v) is 12.7. The molecule has 1 aliphatic carbocycles. The summed E-state index contributed by atoms with van der Waals surface area (Å²) < 4.78 is 128. The number of ether oxygens (including phenoxy) is 4. The van der Waals surface area contributed by atoms with Crippen molar-refractivity contribution >= 4 is 90.9 Å². The molecule has 5 rings (SSSR count). The molecule has 2 heterocycles. The summed E-state index contributed by atoms with van der Waals surface area (Å²) in [7, 11) is -10.6. The number of ketones is 2. The van der Waals surface area contributed by atoms with Crippen molar-refractivity contribution in [3.8, 4) is 0 Å². The fraction of sp³-hybridized carbons (Fsp3) is 0.661. The number of amides is 4. The number of carbonyl (C=O) groups is 8. The molecule has 3 aliphatic rings. The van der Waals surface area contributed by atoms with Crippen LogP contribution in [0.4, 0.5) is 9.59 Å². The molecule has 0 spiro atoms. The zero-order valence-corrected chi connectivity index (χ0v) is 57.7. The topological polar surface area (TPSA) is 336 Å². The van der Waals surface area contributed by atoms with Crippen LogP contribution in [0.2, 0.25) is 10.0 Å². The van der Waals surface area contributed by atoms with Crippen LogP contribution in [-0.4, -0.2) is 109 Å². The third-order valence-electron chi connectivity index (χ3n) is 14.8. The van der Waals surface area contributed by atoms with Gasteiger partial charge in [0, 0.05) is 72.5 Å². The van der Waals surface area contributed by atoms with Gasteiger partial charge in [-0.3, -0.25) is 28.8 Å². The van der Waals surface area contributed by atoms with E-state index in [1.165, 1.54) is 48.5 Å². The van der Waals surface area contributed by atoms with E-state index in [0.29, 0.717) is 51.6 Å². The average molecular weight is 1320 g/mol. The molecule has 87 heavy (non-hydrogen) atoms. The molecule has 0 bridgehead atoms. The van der Waals surface area contributed by atoms with E-state index in [9.17, 15) is 64.3 Å². The van der Waals surface area contributed by atoms with Crippen molar-refractivity contribution in [1.29, 1.82) is 0 Å². The molecule has 2 aromatic rings. The van der Waals surface area contributed by atoms with E-state index < -0.39 is 129 Å². The molecular formula is C59H84Cl2N4Na2O18S2. The molecule has 8 atom stereocenters. The number of esters is 2. The summed E-state index contributed by atoms with van der Waals surface area (Å²) in [6.07, 6.45) is 4.85. The fourth-order valence-electron chi connectivity index (χ4n) is 10.5. The van der Waals surface area contributed by atoms with Gasteiger partial charge in [-0.1, -0.05) is 133 Å². The smallest absolute Gasteiger partial charge is 0.745 e. The summed E-state index contributed by atoms with van der Waals surface area (Å²) in [5.41, 5.74) is -4.49. The standard InChI is InChI=1S/C31H45ClN2O9S.C28H41ClN2O9S.2Na/c1-2-3-5-13-28(36)43-30(44(39,40)41)24(18-23-14-15-33-29(23)37)19-27(35)26(17-21-9-6-4-7-10-21)34-31(38)42-20-22-11-8-12-25(32)16-22;1-4-5-6-10-25(33)40-27(41(36,37)38)21(15-20-11-12-30-26(20)34)16-24(32)23(13-18(2)3)31-28(35)39-17-19-8-7-9-22(29)14-19;;/h8,11-12,16,21,23-24,26,30H,2-7,9-10,13-15,17-20H2,1H3,(H,33,37)(H,34,38)(H,39,40,41);7-9,14,18,20-21,23,27H,4-6,10-13,15-17H2,1-3H3,(H,30,34)(H,31,35)(H,36,37,38);;/q;;2*+1/p-2/t23-,24+,26-,30?;20-,21+,23-,27?;;/m00../s1/i20D2;17D2;;. The molecule has 22 nitrogen and oxygen atoms in total. The summed E-state index contributed by atoms with van der Waals surface area (Å²) in [6, 6.07) is 8.87. The van der Waals surface area contributed by atoms with Gasteiger partial charge in [-0.25, -0.2) is 26.4 Å². The zero-order chi connectivity index (χ0) is 66.3. The van der Waals surface area contributed by atoms with Crippen LogP contribution in [-0.2, 0) is 81.1 Å². The van der Waals surface area contributed by atoms with Crippen LogP contribution in [0.1, 0.15) is 179 Å². The number of hydrogen-bond acceptors (Lipinski definition) is 18. The number of halogens is 2. The minimum Gasteiger partial charge on any atom is -0.745 e. The second-order valence-corrected chi connectivity index (χ2v) is 26.0. The van der Waals surface area contributed by atoms with E-state index in [0.717, 1.165) is 44.9 Å². The Balaban J connectivity index is 0.000000608. The third kappa shape index (κ3) is 30.5. The van der Waals surface area contributed by atoms with Crippen molar-refractivity contribution in [2.45, 2.75) is 199 Å². The molecule has 2 unspecified atom stereocenters. The van der Waals surface area contributed by atoms with Crippen LogP contribution in [0.15, 0.2) is 48.5 Å². The molecule has 4 N–H and O–H groups in total. The Hall–Kier alpha value is -3.40. The number of alkyl carbamates (subject to hydrolysis) is 2. The molecule has 0 aromatic heterocycles. The van der Waals surface area contributed by atoms with Crippen molar-refractivity contribution in [2.24, 2.45) is 35.5 Å². The summed E-state index contributed by atoms with van der Waals surface area (Å²) in [5.74, 6) is -8.16. The molecular weight excluding hydrogens is 1230 g/mol. The first kappa shape index (κ1) is 72.7. The summed E-state index contributed by atoms with van der Waals surface area (Å²) in [4.78, 5) is 103. The number of benzene rings is 2. The van der Waals surface area contributed by atoms with Gasteiger partial charge in [-0.05, 0) is 98.6 Å². The van der Waals surface area contributed by atoms with Gasteiger partial charge in [0.05, 0.1) is 17.6 Å². The average Bonchev–Trinajstić information content (AvgIpc) is 3.20. The molecule has 4 amide bonds. The Morgan fingerprint density at radius 2 is 1.05 bits per heavy atom. The van der Waals surface area contributed by atoms with Gasteiger partial charge in [-0.2, -0.15) is 0 Å². The van der Waals surface area contributed by atoms with Crippen LogP contribution in [0.5, 0.6) is 0 Å². The first-order valence-electron chi connectivity index (χ1n) is 31.1. The molecule has 3 fully saturated rings. The van der Waals surface area contributed by atoms with E-state index in [1.54, 1.807) is 13.8 Å². The van der Waals surface area contributed by atoms with Gasteiger partial charge >= 0.3 is 83.2 Å². The summed E-state index contributed by atoms with van der Waals surface area (Å²) in [5, 5.41) is 10.5. The molecule has 28 heteroatoms. The van der Waals surface area contributed by atoms with Crippen molar-refractivity contribution in [1.82, 2.24) is 21.3 Å². The largest absolute Gasteiger partial charge is 1.00 e. The Morgan fingerprint density at radius 1 is 0.632 bits per heavy atom. The maximum atomic E-state index is 13.9. The number of carbonyl (C=O) groups excluding carboxylic acids is 8. The molecule has 476 valence electrons. The van der Waals surface area contributed by atoms with Crippen LogP contribution in [0, 0.1) is 35.5 Å². The molecule has 2 aliphatic heterocycles. The van der Waals surface area contributed by atoms with Crippen LogP contribution < -0.4 is 80.4 Å². The van der Waals surface area contributed by atoms with Crippen LogP contribution in [0.3, 0.4) is 0 Å². The zero-order valence-electron chi connectivity index (χ0n) is 54.6. The first-order chi connectivity index (χ1) is 41.7. The van der Waals surface area contributed by atoms with E-state index in [-0.39, 0.29) is 142 Å². The van der Waals surface area contributed by atoms with Crippen molar-refractivity contribution < 1.29 is 148 Å². The third-order valence-corrected chi connectivity index (χ3v) is 17.3. The van der Waals surface area contributed by atoms with E-state index >= 15 is 0 Å². The molecule has 0 radical (unpaired) electrons. The molecule has 1 saturated carbocycles. The van der Waals surface area contributed by atoms with Crippen molar-refractivity contribution in [3.63, 3.8) is 0 Å².